The van der Waals surface area contributed by atoms with Crippen LogP contribution in [0, 0.1) is 11.6 Å². The van der Waals surface area contributed by atoms with Crippen molar-refractivity contribution < 1.29 is 45.2 Å². The Balaban J connectivity index is 1.52. The molecule has 1 aliphatic rings. The largest absolute Gasteiger partial charge is 0.505 e. The second-order valence-corrected chi connectivity index (χ2v) is 12.4. The quantitative estimate of drug-likeness (QED) is 0.0949. The Hall–Kier alpha value is -2.73. The number of aromatic hydroxyl groups is 2. The minimum absolute atomic E-state index is 0.294. The third-order valence-electron chi connectivity index (χ3n) is 7.59. The Morgan fingerprint density at radius 1 is 0.907 bits per heavy atom. The number of unbranched alkanes of at least 4 members (excludes halogenated alkanes) is 3. The Morgan fingerprint density at radius 2 is 1.60 bits per heavy atom. The molecular weight excluding hydrogens is 599 g/mol. The number of hydrogen-bond acceptors (Lipinski definition) is 5. The zero-order valence-corrected chi connectivity index (χ0v) is 24.8. The van der Waals surface area contributed by atoms with Crippen LogP contribution in [-0.4, -0.2) is 58.5 Å². The molecule has 0 spiro atoms. The minimum atomic E-state index is -5.65. The summed E-state index contributed by atoms with van der Waals surface area (Å²) in [4.78, 5) is 1.97. The summed E-state index contributed by atoms with van der Waals surface area (Å²) in [5, 5.41) is 21.2. The highest BCUT2D eigenvalue weighted by Crippen LogP contribution is 2.41. The number of hydrogen-bond donors (Lipinski definition) is 2. The van der Waals surface area contributed by atoms with Crippen LogP contribution in [-0.2, 0) is 21.0 Å². The van der Waals surface area contributed by atoms with E-state index in [-0.39, 0.29) is 0 Å². The van der Waals surface area contributed by atoms with Crippen LogP contribution in [0.4, 0.5) is 30.7 Å². The van der Waals surface area contributed by atoms with Crippen molar-refractivity contribution in [2.75, 3.05) is 25.9 Å². The molecule has 1 aliphatic carbocycles. The fourth-order valence-corrected chi connectivity index (χ4v) is 6.17. The summed E-state index contributed by atoms with van der Waals surface area (Å²) in [6.45, 7) is 1.19. The number of allylic oxidation sites excluding steroid dienone is 2. The maximum absolute atomic E-state index is 14.4. The van der Waals surface area contributed by atoms with Crippen molar-refractivity contribution in [1.82, 2.24) is 4.90 Å². The van der Waals surface area contributed by atoms with Crippen LogP contribution in [0.2, 0.25) is 0 Å². The van der Waals surface area contributed by atoms with E-state index in [1.54, 1.807) is 6.07 Å². The minimum Gasteiger partial charge on any atom is -0.505 e. The lowest BCUT2D eigenvalue weighted by Gasteiger charge is -2.20. The molecule has 2 aromatic carbocycles. The molecule has 0 atom stereocenters. The van der Waals surface area contributed by atoms with Gasteiger partial charge in [-0.1, -0.05) is 24.7 Å². The lowest BCUT2D eigenvalue weighted by Crippen LogP contribution is -2.37. The molecule has 43 heavy (non-hydrogen) atoms. The topological polar surface area (TPSA) is 60.8 Å². The molecule has 0 amide bonds. The fourth-order valence-electron chi connectivity index (χ4n) is 5.17. The molecule has 0 unspecified atom stereocenters. The van der Waals surface area contributed by atoms with Crippen LogP contribution in [0.1, 0.15) is 74.5 Å². The Morgan fingerprint density at radius 3 is 2.30 bits per heavy atom. The van der Waals surface area contributed by atoms with Crippen LogP contribution in [0.25, 0.3) is 11.1 Å². The first-order chi connectivity index (χ1) is 20.2. The van der Waals surface area contributed by atoms with Crippen LogP contribution in [0.5, 0.6) is 11.5 Å². The lowest BCUT2D eigenvalue weighted by atomic mass is 9.88. The van der Waals surface area contributed by atoms with Crippen LogP contribution < -0.4 is 0 Å². The number of aryl methyl sites for hydroxylation is 1. The van der Waals surface area contributed by atoms with Gasteiger partial charge in [0.05, 0.1) is 0 Å². The molecule has 0 saturated carbocycles. The van der Waals surface area contributed by atoms with Gasteiger partial charge in [-0.3, -0.25) is 10.4 Å². The van der Waals surface area contributed by atoms with Crippen molar-refractivity contribution in [2.45, 2.75) is 76.3 Å². The third kappa shape index (κ3) is 9.89. The summed E-state index contributed by atoms with van der Waals surface area (Å²) in [5.74, 6) is -7.91. The second-order valence-electron chi connectivity index (χ2n) is 10.9. The first kappa shape index (κ1) is 34.8. The summed E-state index contributed by atoms with van der Waals surface area (Å²) in [5.41, 5.74) is 4.04. The van der Waals surface area contributed by atoms with Gasteiger partial charge < -0.3 is 19.3 Å². The summed E-state index contributed by atoms with van der Waals surface area (Å²) >= 11 is 0. The van der Waals surface area contributed by atoms with Gasteiger partial charge in [0.2, 0.25) is 0 Å². The van der Waals surface area contributed by atoms with Gasteiger partial charge in [0.1, 0.15) is 0 Å². The highest BCUT2D eigenvalue weighted by molar-refractivity contribution is 7.83. The first-order valence-electron chi connectivity index (χ1n) is 14.3. The zero-order chi connectivity index (χ0) is 31.8. The van der Waals surface area contributed by atoms with E-state index in [1.165, 1.54) is 29.6 Å². The maximum Gasteiger partial charge on any atom is 0.453 e. The summed E-state index contributed by atoms with van der Waals surface area (Å²) in [6.07, 6.45) is -0.851. The Labute approximate surface area is 249 Å². The normalized spacial score (nSPS) is 15.2. The summed E-state index contributed by atoms with van der Waals surface area (Å²) in [7, 11) is -0.0322. The fraction of sp³-hybridized carbons (Fsp3) is 0.516. The highest BCUT2D eigenvalue weighted by atomic mass is 32.2. The van der Waals surface area contributed by atoms with Crippen LogP contribution in [0.3, 0.4) is 0 Å². The van der Waals surface area contributed by atoms with Gasteiger partial charge in [-0.2, -0.15) is 27.3 Å². The number of phenolic OH excluding ortho intramolecular Hbond substituents is 2. The number of halogens is 7. The molecule has 0 radical (unpaired) electrons. The monoisotopic (exact) mass is 636 g/mol. The number of fused-ring (bicyclic) bond motifs is 1. The number of nitrogens with zero attached hydrogens (tertiary/aromatic N) is 1. The van der Waals surface area contributed by atoms with E-state index in [9.17, 15) is 45.2 Å². The Kier molecular flexibility index (Phi) is 12.4. The molecule has 2 N–H and O–H groups in total. The predicted molar refractivity (Wildman–Crippen MR) is 156 cm³/mol. The van der Waals surface area contributed by atoms with Crippen molar-refractivity contribution in [1.29, 1.82) is 0 Å². The molecule has 0 bridgehead atoms. The average molecular weight is 637 g/mol. The number of phenols is 2. The smallest absolute Gasteiger partial charge is 0.453 e. The van der Waals surface area contributed by atoms with Gasteiger partial charge in [-0.15, -0.1) is 0 Å². The van der Waals surface area contributed by atoms with Gasteiger partial charge in [-0.05, 0) is 117 Å². The zero-order valence-electron chi connectivity index (χ0n) is 24.0. The van der Waals surface area contributed by atoms with E-state index in [0.29, 0.717) is 49.9 Å². The van der Waals surface area contributed by atoms with Crippen LogP contribution >= 0.6 is 0 Å². The molecule has 0 aromatic heterocycles. The number of alkyl halides is 5. The molecule has 4 nitrogen and oxygen atoms in total. The van der Waals surface area contributed by atoms with Gasteiger partial charge in [0.15, 0.2) is 23.1 Å². The molecule has 0 fully saturated rings. The molecule has 0 saturated heterocycles. The number of rotatable bonds is 14. The highest BCUT2D eigenvalue weighted by Gasteiger charge is 2.56. The van der Waals surface area contributed by atoms with Crippen LogP contribution in [0.15, 0.2) is 30.3 Å². The Bertz CT molecular complexity index is 1370. The summed E-state index contributed by atoms with van der Waals surface area (Å²) in [6, 6.07) is 6.99. The number of benzene rings is 2. The van der Waals surface area contributed by atoms with Crippen molar-refractivity contribution in [3.8, 4) is 11.5 Å². The molecule has 240 valence electrons. The predicted octanol–water partition coefficient (Wildman–Crippen LogP) is 8.25. The molecule has 3 rings (SSSR count). The van der Waals surface area contributed by atoms with E-state index < -0.39 is 57.8 Å². The van der Waals surface area contributed by atoms with Gasteiger partial charge in [0, 0.05) is 6.42 Å². The van der Waals surface area contributed by atoms with Gasteiger partial charge in [0.25, 0.3) is 0 Å². The third-order valence-corrected chi connectivity index (χ3v) is 8.81. The molecular formula is C31H37F7NO3S-. The SMILES string of the molecule is CN(CCC=[S-](=O)CCC(F)(F)C(F)(F)F)CCCCCCC1=C(c2ccc(F)c(O)c2)CCCc2cc(O)c(F)cc21. The van der Waals surface area contributed by atoms with Crippen molar-refractivity contribution >= 4 is 26.9 Å². The summed E-state index contributed by atoms with van der Waals surface area (Å²) < 4.78 is 103. The molecule has 12 heteroatoms. The van der Waals surface area contributed by atoms with E-state index in [1.807, 2.05) is 11.9 Å². The van der Waals surface area contributed by atoms with Gasteiger partial charge >= 0.3 is 12.1 Å². The van der Waals surface area contributed by atoms with Gasteiger partial charge in [-0.25, -0.2) is 8.78 Å². The average Bonchev–Trinajstić information content (AvgIpc) is 3.09. The van der Waals surface area contributed by atoms with E-state index in [0.717, 1.165) is 48.8 Å². The molecule has 0 heterocycles. The molecule has 0 aliphatic heterocycles. The van der Waals surface area contributed by atoms with E-state index in [4.69, 9.17) is 0 Å². The first-order valence-corrected chi connectivity index (χ1v) is 15.6. The van der Waals surface area contributed by atoms with Crippen molar-refractivity contribution in [2.24, 2.45) is 0 Å². The van der Waals surface area contributed by atoms with E-state index in [2.05, 4.69) is 0 Å². The second kappa shape index (κ2) is 15.3. The van der Waals surface area contributed by atoms with Crippen molar-refractivity contribution in [3.63, 3.8) is 0 Å². The standard InChI is InChI=1S/C31H37F7NO3S/c1-39(15-7-16-43(42)17-13-30(34,35)31(36,37)38)14-5-3-2-4-9-24-23(22-11-12-26(32)28(40)19-22)10-6-8-21-18-29(41)27(33)20-25(21)24/h11-12,16,18-20,40-41H,2-10,13-15,17H2,1H3/q-1. The van der Waals surface area contributed by atoms with E-state index >= 15 is 0 Å². The maximum atomic E-state index is 14.4. The lowest BCUT2D eigenvalue weighted by molar-refractivity contribution is -0.282. The van der Waals surface area contributed by atoms with Crippen molar-refractivity contribution in [3.05, 3.63) is 58.7 Å². The molecule has 2 aromatic rings.